The van der Waals surface area contributed by atoms with Gasteiger partial charge < -0.3 is 19.7 Å². The molecule has 0 spiro atoms. The van der Waals surface area contributed by atoms with Gasteiger partial charge in [0.25, 0.3) is 0 Å². The zero-order valence-electron chi connectivity index (χ0n) is 15.0. The zero-order valence-corrected chi connectivity index (χ0v) is 15.0. The van der Waals surface area contributed by atoms with E-state index in [-0.39, 0.29) is 6.09 Å². The molecule has 1 amide bonds. The number of aromatic nitrogens is 2. The van der Waals surface area contributed by atoms with Crippen LogP contribution in [-0.4, -0.2) is 59.4 Å². The Morgan fingerprint density at radius 2 is 2.04 bits per heavy atom. The first-order valence-corrected chi connectivity index (χ1v) is 8.42. The Morgan fingerprint density at radius 1 is 1.33 bits per heavy atom. The Hall–Kier alpha value is -1.89. The highest BCUT2D eigenvalue weighted by Gasteiger charge is 2.26. The minimum atomic E-state index is -0.453. The Kier molecular flexibility index (Phi) is 6.36. The molecule has 1 fully saturated rings. The Balaban J connectivity index is 1.81. The highest BCUT2D eigenvalue weighted by Crippen LogP contribution is 2.18. The van der Waals surface area contributed by atoms with Gasteiger partial charge in [-0.15, -0.1) is 0 Å². The third kappa shape index (κ3) is 5.96. The molecule has 0 aliphatic carbocycles. The molecule has 24 heavy (non-hydrogen) atoms. The first-order valence-electron chi connectivity index (χ1n) is 8.42. The number of carbonyl (C=O) groups is 1. The second-order valence-electron chi connectivity index (χ2n) is 7.02. The second kappa shape index (κ2) is 8.28. The summed E-state index contributed by atoms with van der Waals surface area (Å²) >= 11 is 0. The lowest BCUT2D eigenvalue weighted by atomic mass is 10.1. The van der Waals surface area contributed by atoms with Crippen LogP contribution in [0.3, 0.4) is 0 Å². The molecule has 1 aliphatic rings. The smallest absolute Gasteiger partial charge is 0.410 e. The van der Waals surface area contributed by atoms with Gasteiger partial charge in [0.05, 0.1) is 6.61 Å². The third-order valence-corrected chi connectivity index (χ3v) is 3.78. The van der Waals surface area contributed by atoms with Crippen molar-refractivity contribution in [3.8, 4) is 0 Å². The van der Waals surface area contributed by atoms with Crippen molar-refractivity contribution in [1.29, 1.82) is 0 Å². The van der Waals surface area contributed by atoms with E-state index >= 15 is 0 Å². The fraction of sp³-hybridized carbons (Fsp3) is 0.706. The molecule has 1 N–H and O–H groups in total. The number of hydrogen-bond acceptors (Lipinski definition) is 6. The Labute approximate surface area is 143 Å². The number of methoxy groups -OCH3 is 1. The van der Waals surface area contributed by atoms with Gasteiger partial charge in [0.15, 0.2) is 0 Å². The monoisotopic (exact) mass is 336 g/mol. The first kappa shape index (κ1) is 18.4. The van der Waals surface area contributed by atoms with Crippen molar-refractivity contribution in [3.05, 3.63) is 18.1 Å². The average Bonchev–Trinajstić information content (AvgIpc) is 2.52. The van der Waals surface area contributed by atoms with Crippen LogP contribution in [0.2, 0.25) is 0 Å². The minimum Gasteiger partial charge on any atom is -0.444 e. The van der Waals surface area contributed by atoms with Crippen molar-refractivity contribution in [3.63, 3.8) is 0 Å². The molecule has 1 aliphatic heterocycles. The maximum atomic E-state index is 12.1. The highest BCUT2D eigenvalue weighted by atomic mass is 16.6. The van der Waals surface area contributed by atoms with E-state index < -0.39 is 5.60 Å². The quantitative estimate of drug-likeness (QED) is 0.890. The molecule has 7 heteroatoms. The van der Waals surface area contributed by atoms with E-state index in [4.69, 9.17) is 9.47 Å². The Bertz CT molecular complexity index is 537. The lowest BCUT2D eigenvalue weighted by Gasteiger charge is -2.33. The van der Waals surface area contributed by atoms with Crippen LogP contribution in [0.5, 0.6) is 0 Å². The number of hydrogen-bond donors (Lipinski definition) is 1. The number of likely N-dealkylation sites (tertiary alicyclic amines) is 1. The van der Waals surface area contributed by atoms with Crippen LogP contribution < -0.4 is 5.32 Å². The fourth-order valence-electron chi connectivity index (χ4n) is 2.56. The van der Waals surface area contributed by atoms with Gasteiger partial charge in [-0.05, 0) is 33.6 Å². The molecule has 134 valence electrons. The largest absolute Gasteiger partial charge is 0.444 e. The molecule has 0 saturated carbocycles. The SMILES string of the molecule is COCCc1cc(NC2CCN(C(=O)OC(C)(C)C)CC2)ncn1. The van der Waals surface area contributed by atoms with Gasteiger partial charge in [0, 0.05) is 44.4 Å². The molecule has 7 nitrogen and oxygen atoms in total. The molecule has 1 saturated heterocycles. The number of nitrogens with zero attached hydrogens (tertiary/aromatic N) is 3. The van der Waals surface area contributed by atoms with Gasteiger partial charge in [-0.2, -0.15) is 0 Å². The van der Waals surface area contributed by atoms with E-state index in [9.17, 15) is 4.79 Å². The van der Waals surface area contributed by atoms with Gasteiger partial charge in [0.2, 0.25) is 0 Å². The van der Waals surface area contributed by atoms with E-state index in [0.717, 1.165) is 30.8 Å². The van der Waals surface area contributed by atoms with Crippen LogP contribution >= 0.6 is 0 Å². The van der Waals surface area contributed by atoms with Crippen LogP contribution in [-0.2, 0) is 15.9 Å². The number of carbonyl (C=O) groups excluding carboxylic acids is 1. The number of anilines is 1. The third-order valence-electron chi connectivity index (χ3n) is 3.78. The highest BCUT2D eigenvalue weighted by molar-refractivity contribution is 5.68. The molecular formula is C17H28N4O3. The van der Waals surface area contributed by atoms with E-state index in [0.29, 0.717) is 25.7 Å². The van der Waals surface area contributed by atoms with E-state index in [1.807, 2.05) is 26.8 Å². The van der Waals surface area contributed by atoms with Crippen molar-refractivity contribution in [2.75, 3.05) is 32.1 Å². The van der Waals surface area contributed by atoms with E-state index in [2.05, 4.69) is 15.3 Å². The normalized spacial score (nSPS) is 16.1. The second-order valence-corrected chi connectivity index (χ2v) is 7.02. The average molecular weight is 336 g/mol. The predicted octanol–water partition coefficient (Wildman–Crippen LogP) is 2.48. The van der Waals surface area contributed by atoms with Gasteiger partial charge in [-0.25, -0.2) is 14.8 Å². The van der Waals surface area contributed by atoms with Crippen molar-refractivity contribution in [2.24, 2.45) is 0 Å². The summed E-state index contributed by atoms with van der Waals surface area (Å²) in [4.78, 5) is 22.4. The van der Waals surface area contributed by atoms with Crippen molar-refractivity contribution in [1.82, 2.24) is 14.9 Å². The summed E-state index contributed by atoms with van der Waals surface area (Å²) in [5.74, 6) is 0.826. The summed E-state index contributed by atoms with van der Waals surface area (Å²) in [5, 5.41) is 3.43. The molecule has 2 heterocycles. The first-order chi connectivity index (χ1) is 11.4. The number of nitrogens with one attached hydrogen (secondary N) is 1. The van der Waals surface area contributed by atoms with Crippen LogP contribution in [0.4, 0.5) is 10.6 Å². The summed E-state index contributed by atoms with van der Waals surface area (Å²) in [6.45, 7) is 7.67. The minimum absolute atomic E-state index is 0.232. The summed E-state index contributed by atoms with van der Waals surface area (Å²) in [7, 11) is 1.68. The molecule has 1 aromatic heterocycles. The lowest BCUT2D eigenvalue weighted by molar-refractivity contribution is 0.0210. The van der Waals surface area contributed by atoms with Crippen molar-refractivity contribution in [2.45, 2.75) is 51.7 Å². The molecule has 0 radical (unpaired) electrons. The Morgan fingerprint density at radius 3 is 2.67 bits per heavy atom. The van der Waals surface area contributed by atoms with Crippen LogP contribution in [0.25, 0.3) is 0 Å². The van der Waals surface area contributed by atoms with E-state index in [1.54, 1.807) is 18.3 Å². The number of ether oxygens (including phenoxy) is 2. The molecule has 2 rings (SSSR count). The molecule has 0 atom stereocenters. The fourth-order valence-corrected chi connectivity index (χ4v) is 2.56. The molecule has 0 bridgehead atoms. The van der Waals surface area contributed by atoms with Crippen LogP contribution in [0, 0.1) is 0 Å². The van der Waals surface area contributed by atoms with Gasteiger partial charge in [-0.1, -0.05) is 0 Å². The summed E-state index contributed by atoms with van der Waals surface area (Å²) in [6.07, 6.45) is 3.85. The lowest BCUT2D eigenvalue weighted by Crippen LogP contribution is -2.44. The summed E-state index contributed by atoms with van der Waals surface area (Å²) < 4.78 is 10.5. The van der Waals surface area contributed by atoms with Crippen molar-refractivity contribution < 1.29 is 14.3 Å². The summed E-state index contributed by atoms with van der Waals surface area (Å²) in [5.41, 5.74) is 0.506. The zero-order chi connectivity index (χ0) is 17.6. The van der Waals surface area contributed by atoms with Gasteiger partial charge >= 0.3 is 6.09 Å². The van der Waals surface area contributed by atoms with Crippen molar-refractivity contribution >= 4 is 11.9 Å². The number of rotatable bonds is 5. The molecular weight excluding hydrogens is 308 g/mol. The maximum Gasteiger partial charge on any atom is 0.410 e. The standard InChI is InChI=1S/C17H28N4O3/c1-17(2,3)24-16(22)21-8-5-13(6-9-21)20-15-11-14(7-10-23-4)18-12-19-15/h11-13H,5-10H2,1-4H3,(H,18,19,20). The maximum absolute atomic E-state index is 12.1. The van der Waals surface area contributed by atoms with Gasteiger partial charge in [-0.3, -0.25) is 0 Å². The molecule has 0 unspecified atom stereocenters. The topological polar surface area (TPSA) is 76.6 Å². The molecule has 1 aromatic rings. The summed E-state index contributed by atoms with van der Waals surface area (Å²) in [6, 6.07) is 2.26. The van der Waals surface area contributed by atoms with Crippen LogP contribution in [0.15, 0.2) is 12.4 Å². The van der Waals surface area contributed by atoms with Crippen LogP contribution in [0.1, 0.15) is 39.3 Å². The van der Waals surface area contributed by atoms with Gasteiger partial charge in [0.1, 0.15) is 17.7 Å². The predicted molar refractivity (Wildman–Crippen MR) is 92.1 cm³/mol. The molecule has 0 aromatic carbocycles. The van der Waals surface area contributed by atoms with E-state index in [1.165, 1.54) is 0 Å². The number of amides is 1. The number of piperidine rings is 1.